The van der Waals surface area contributed by atoms with Gasteiger partial charge < -0.3 is 9.15 Å². The van der Waals surface area contributed by atoms with Gasteiger partial charge in [0.05, 0.1) is 0 Å². The highest BCUT2D eigenvalue weighted by Crippen LogP contribution is 2.47. The first-order chi connectivity index (χ1) is 9.34. The molecule has 0 spiro atoms. The number of aliphatic imine (C=N–C) groups is 1. The number of furan rings is 1. The molecule has 2 atom stereocenters. The van der Waals surface area contributed by atoms with Crippen molar-refractivity contribution in [2.75, 3.05) is 0 Å². The number of carbonyl (C=O) groups excluding carboxylic acids is 1. The molecule has 106 valence electrons. The quantitative estimate of drug-likeness (QED) is 0.609. The highest BCUT2D eigenvalue weighted by atomic mass is 16.6. The standard InChI is InChI=1S/C16H19NO3/c1-9-7-11(9)13-6-5-10(19-13)8-12-14(18)20-15(17-12)16(2,3)4/h5-6,8-9,11H,7H2,1-4H3/b12-8-. The summed E-state index contributed by atoms with van der Waals surface area (Å²) in [5.41, 5.74) is 0.0305. The van der Waals surface area contributed by atoms with Crippen LogP contribution in [-0.2, 0) is 9.53 Å². The molecule has 4 nitrogen and oxygen atoms in total. The molecule has 0 amide bonds. The molecule has 1 aliphatic carbocycles. The van der Waals surface area contributed by atoms with E-state index in [4.69, 9.17) is 9.15 Å². The molecule has 2 unspecified atom stereocenters. The van der Waals surface area contributed by atoms with E-state index in [1.54, 1.807) is 6.08 Å². The molecule has 0 N–H and O–H groups in total. The van der Waals surface area contributed by atoms with Crippen molar-refractivity contribution >= 4 is 17.9 Å². The first-order valence-electron chi connectivity index (χ1n) is 6.97. The Bertz CT molecular complexity index is 616. The van der Waals surface area contributed by atoms with Crippen LogP contribution >= 0.6 is 0 Å². The number of hydrogen-bond donors (Lipinski definition) is 0. The Morgan fingerprint density at radius 2 is 2.05 bits per heavy atom. The van der Waals surface area contributed by atoms with Crippen molar-refractivity contribution in [1.82, 2.24) is 0 Å². The van der Waals surface area contributed by atoms with Gasteiger partial charge in [-0.2, -0.15) is 0 Å². The molecule has 3 rings (SSSR count). The second kappa shape index (κ2) is 4.33. The normalized spacial score (nSPS) is 27.7. The van der Waals surface area contributed by atoms with Crippen LogP contribution < -0.4 is 0 Å². The van der Waals surface area contributed by atoms with Gasteiger partial charge in [0, 0.05) is 17.4 Å². The van der Waals surface area contributed by atoms with Crippen molar-refractivity contribution in [3.8, 4) is 0 Å². The molecule has 0 bridgehead atoms. The van der Waals surface area contributed by atoms with Crippen LogP contribution in [0.15, 0.2) is 27.2 Å². The maximum atomic E-state index is 11.8. The molecule has 1 saturated carbocycles. The monoisotopic (exact) mass is 273 g/mol. The Morgan fingerprint density at radius 1 is 1.35 bits per heavy atom. The Labute approximate surface area is 118 Å². The molecule has 0 saturated heterocycles. The van der Waals surface area contributed by atoms with Crippen LogP contribution in [0.25, 0.3) is 6.08 Å². The van der Waals surface area contributed by atoms with E-state index in [2.05, 4.69) is 11.9 Å². The molecule has 20 heavy (non-hydrogen) atoms. The van der Waals surface area contributed by atoms with Crippen molar-refractivity contribution in [3.05, 3.63) is 29.4 Å². The highest BCUT2D eigenvalue weighted by molar-refractivity contribution is 6.08. The van der Waals surface area contributed by atoms with E-state index < -0.39 is 5.97 Å². The lowest BCUT2D eigenvalue weighted by Crippen LogP contribution is -2.21. The molecular weight excluding hydrogens is 254 g/mol. The smallest absolute Gasteiger partial charge is 0.363 e. The third-order valence-electron chi connectivity index (χ3n) is 3.66. The van der Waals surface area contributed by atoms with Crippen molar-refractivity contribution < 1.29 is 13.9 Å². The van der Waals surface area contributed by atoms with Gasteiger partial charge in [-0.15, -0.1) is 0 Å². The van der Waals surface area contributed by atoms with Gasteiger partial charge in [-0.25, -0.2) is 9.79 Å². The van der Waals surface area contributed by atoms with Gasteiger partial charge in [0.15, 0.2) is 5.70 Å². The van der Waals surface area contributed by atoms with E-state index in [1.807, 2.05) is 32.9 Å². The summed E-state index contributed by atoms with van der Waals surface area (Å²) in [6, 6.07) is 3.86. The number of esters is 1. The van der Waals surface area contributed by atoms with Crippen molar-refractivity contribution in [1.29, 1.82) is 0 Å². The summed E-state index contributed by atoms with van der Waals surface area (Å²) >= 11 is 0. The van der Waals surface area contributed by atoms with Gasteiger partial charge in [0.1, 0.15) is 11.5 Å². The third-order valence-corrected chi connectivity index (χ3v) is 3.66. The second-order valence-corrected chi connectivity index (χ2v) is 6.65. The van der Waals surface area contributed by atoms with Crippen LogP contribution in [0.3, 0.4) is 0 Å². The lowest BCUT2D eigenvalue weighted by atomic mass is 9.97. The van der Waals surface area contributed by atoms with E-state index in [1.165, 1.54) is 6.42 Å². The zero-order valence-electron chi connectivity index (χ0n) is 12.3. The SMILES string of the molecule is CC1CC1c1ccc(/C=C2\N=C(C(C)(C)C)OC2=O)o1. The van der Waals surface area contributed by atoms with Gasteiger partial charge in [-0.3, -0.25) is 0 Å². The minimum Gasteiger partial charge on any atom is -0.461 e. The lowest BCUT2D eigenvalue weighted by Gasteiger charge is -2.15. The second-order valence-electron chi connectivity index (χ2n) is 6.65. The fourth-order valence-electron chi connectivity index (χ4n) is 2.23. The highest BCUT2D eigenvalue weighted by Gasteiger charge is 2.36. The number of rotatable bonds is 2. The Kier molecular flexibility index (Phi) is 2.85. The minimum atomic E-state index is -0.410. The first kappa shape index (κ1) is 13.2. The molecule has 0 aromatic carbocycles. The molecule has 1 aromatic heterocycles. The molecule has 1 aromatic rings. The van der Waals surface area contributed by atoms with Crippen LogP contribution in [0.1, 0.15) is 51.6 Å². The van der Waals surface area contributed by atoms with Gasteiger partial charge in [0.2, 0.25) is 5.90 Å². The number of hydrogen-bond acceptors (Lipinski definition) is 4. The van der Waals surface area contributed by atoms with E-state index >= 15 is 0 Å². The predicted molar refractivity (Wildman–Crippen MR) is 76.2 cm³/mol. The molecule has 0 radical (unpaired) electrons. The number of cyclic esters (lactones) is 1. The molecular formula is C16H19NO3. The maximum absolute atomic E-state index is 11.8. The van der Waals surface area contributed by atoms with Crippen LogP contribution in [0.4, 0.5) is 0 Å². The minimum absolute atomic E-state index is 0.275. The Hall–Kier alpha value is -1.84. The van der Waals surface area contributed by atoms with Gasteiger partial charge >= 0.3 is 5.97 Å². The summed E-state index contributed by atoms with van der Waals surface area (Å²) in [5.74, 6) is 2.93. The summed E-state index contributed by atoms with van der Waals surface area (Å²) in [7, 11) is 0. The molecule has 4 heteroatoms. The lowest BCUT2D eigenvalue weighted by molar-refractivity contribution is -0.130. The average molecular weight is 273 g/mol. The number of ether oxygens (including phenoxy) is 1. The van der Waals surface area contributed by atoms with Gasteiger partial charge in [0.25, 0.3) is 0 Å². The molecule has 1 fully saturated rings. The molecule has 1 aliphatic heterocycles. The topological polar surface area (TPSA) is 51.8 Å². The summed E-state index contributed by atoms with van der Waals surface area (Å²) in [5, 5.41) is 0. The third kappa shape index (κ3) is 2.42. The number of carbonyl (C=O) groups is 1. The summed E-state index contributed by atoms with van der Waals surface area (Å²) in [4.78, 5) is 16.1. The van der Waals surface area contributed by atoms with Crippen LogP contribution in [-0.4, -0.2) is 11.9 Å². The largest absolute Gasteiger partial charge is 0.461 e. The van der Waals surface area contributed by atoms with E-state index in [0.29, 0.717) is 29.2 Å². The van der Waals surface area contributed by atoms with E-state index in [-0.39, 0.29) is 5.41 Å². The van der Waals surface area contributed by atoms with Gasteiger partial charge in [-0.05, 0) is 24.5 Å². The Morgan fingerprint density at radius 3 is 2.60 bits per heavy atom. The Balaban J connectivity index is 1.83. The molecule has 2 aliphatic rings. The average Bonchev–Trinajstić information content (AvgIpc) is 2.74. The van der Waals surface area contributed by atoms with Crippen LogP contribution in [0, 0.1) is 11.3 Å². The zero-order valence-corrected chi connectivity index (χ0v) is 12.3. The van der Waals surface area contributed by atoms with Crippen molar-refractivity contribution in [2.24, 2.45) is 16.3 Å². The summed E-state index contributed by atoms with van der Waals surface area (Å²) in [6.45, 7) is 8.09. The maximum Gasteiger partial charge on any atom is 0.363 e. The zero-order chi connectivity index (χ0) is 14.5. The fraction of sp³-hybridized carbons (Fsp3) is 0.500. The number of nitrogens with zero attached hydrogens (tertiary/aromatic N) is 1. The van der Waals surface area contributed by atoms with Crippen LogP contribution in [0.2, 0.25) is 0 Å². The van der Waals surface area contributed by atoms with E-state index in [9.17, 15) is 4.79 Å². The first-order valence-corrected chi connectivity index (χ1v) is 6.97. The summed E-state index contributed by atoms with van der Waals surface area (Å²) < 4.78 is 11.0. The van der Waals surface area contributed by atoms with Gasteiger partial charge in [-0.1, -0.05) is 27.7 Å². The van der Waals surface area contributed by atoms with E-state index in [0.717, 1.165) is 5.76 Å². The van der Waals surface area contributed by atoms with Crippen LogP contribution in [0.5, 0.6) is 0 Å². The predicted octanol–water partition coefficient (Wildman–Crippen LogP) is 3.75. The van der Waals surface area contributed by atoms with Crippen molar-refractivity contribution in [3.63, 3.8) is 0 Å². The fourth-order valence-corrected chi connectivity index (χ4v) is 2.23. The summed E-state index contributed by atoms with van der Waals surface area (Å²) in [6.07, 6.45) is 2.83. The van der Waals surface area contributed by atoms with Crippen molar-refractivity contribution in [2.45, 2.75) is 40.0 Å². The molecule has 2 heterocycles.